The van der Waals surface area contributed by atoms with Crippen molar-refractivity contribution in [3.63, 3.8) is 0 Å². The molecule has 5 nitrogen and oxygen atoms in total. The molecule has 8 heteroatoms. The summed E-state index contributed by atoms with van der Waals surface area (Å²) in [5, 5.41) is 18.1. The number of halogens is 3. The highest BCUT2D eigenvalue weighted by molar-refractivity contribution is 5.75. The number of aliphatic hydroxyl groups is 1. The molecular formula is C11H11F3O5. The zero-order valence-corrected chi connectivity index (χ0v) is 9.77. The maximum absolute atomic E-state index is 12.2. The number of carboxylic acid groups (broad SMARTS) is 1. The summed E-state index contributed by atoms with van der Waals surface area (Å²) in [4.78, 5) is 10.7. The lowest BCUT2D eigenvalue weighted by molar-refractivity contribution is -0.275. The van der Waals surface area contributed by atoms with E-state index in [1.54, 1.807) is 0 Å². The van der Waals surface area contributed by atoms with E-state index in [2.05, 4.69) is 4.74 Å². The van der Waals surface area contributed by atoms with Gasteiger partial charge in [-0.2, -0.15) is 0 Å². The van der Waals surface area contributed by atoms with Gasteiger partial charge in [-0.3, -0.25) is 0 Å². The van der Waals surface area contributed by atoms with Crippen molar-refractivity contribution in [1.29, 1.82) is 0 Å². The van der Waals surface area contributed by atoms with Crippen LogP contribution in [0.3, 0.4) is 0 Å². The van der Waals surface area contributed by atoms with Crippen LogP contribution in [-0.2, 0) is 4.79 Å². The number of para-hydroxylation sites is 1. The molecule has 0 radical (unpaired) electrons. The molecule has 1 atom stereocenters. The Bertz CT molecular complexity index is 458. The molecule has 0 aliphatic heterocycles. The summed E-state index contributed by atoms with van der Waals surface area (Å²) in [6.45, 7) is 1.48. The van der Waals surface area contributed by atoms with Gasteiger partial charge in [-0.25, -0.2) is 4.79 Å². The van der Waals surface area contributed by atoms with Crippen LogP contribution in [0.25, 0.3) is 0 Å². The van der Waals surface area contributed by atoms with Crippen LogP contribution in [0.15, 0.2) is 18.2 Å². The molecular weight excluding hydrogens is 269 g/mol. The first-order valence-corrected chi connectivity index (χ1v) is 5.18. The van der Waals surface area contributed by atoms with E-state index in [-0.39, 0.29) is 12.2 Å². The number of hydrogen-bond acceptors (Lipinski definition) is 4. The number of carbonyl (C=O) groups is 1. The molecule has 1 aromatic rings. The number of hydrogen-bond donors (Lipinski definition) is 2. The van der Waals surface area contributed by atoms with Crippen molar-refractivity contribution in [3.05, 3.63) is 23.8 Å². The molecule has 0 aliphatic rings. The summed E-state index contributed by atoms with van der Waals surface area (Å²) in [5.41, 5.74) is -0.309. The van der Waals surface area contributed by atoms with Crippen LogP contribution in [0.2, 0.25) is 0 Å². The van der Waals surface area contributed by atoms with E-state index >= 15 is 0 Å². The van der Waals surface area contributed by atoms with Crippen molar-refractivity contribution in [1.82, 2.24) is 0 Å². The molecule has 1 unspecified atom stereocenters. The Morgan fingerprint density at radius 1 is 1.42 bits per heavy atom. The largest absolute Gasteiger partial charge is 0.573 e. The van der Waals surface area contributed by atoms with Gasteiger partial charge in [0.1, 0.15) is 0 Å². The van der Waals surface area contributed by atoms with Gasteiger partial charge in [0.15, 0.2) is 17.6 Å². The average molecular weight is 280 g/mol. The van der Waals surface area contributed by atoms with Gasteiger partial charge in [0.25, 0.3) is 0 Å². The second kappa shape index (κ2) is 5.79. The van der Waals surface area contributed by atoms with Crippen LogP contribution in [0.5, 0.6) is 11.5 Å². The van der Waals surface area contributed by atoms with E-state index in [4.69, 9.17) is 9.84 Å². The molecule has 0 fully saturated rings. The normalized spacial score (nSPS) is 12.9. The van der Waals surface area contributed by atoms with Crippen LogP contribution < -0.4 is 9.47 Å². The van der Waals surface area contributed by atoms with Crippen molar-refractivity contribution in [2.75, 3.05) is 6.61 Å². The van der Waals surface area contributed by atoms with Crippen LogP contribution in [0.1, 0.15) is 18.6 Å². The number of ether oxygens (including phenoxy) is 2. The fraction of sp³-hybridized carbons (Fsp3) is 0.364. The van der Waals surface area contributed by atoms with Crippen molar-refractivity contribution >= 4 is 5.97 Å². The third kappa shape index (κ3) is 4.02. The van der Waals surface area contributed by atoms with E-state index in [9.17, 15) is 23.1 Å². The van der Waals surface area contributed by atoms with Gasteiger partial charge in [0, 0.05) is 5.56 Å². The molecule has 0 bridgehead atoms. The summed E-state index contributed by atoms with van der Waals surface area (Å²) in [6, 6.07) is 3.24. The van der Waals surface area contributed by atoms with E-state index in [1.165, 1.54) is 6.92 Å². The predicted octanol–water partition coefficient (Wildman–Crippen LogP) is 2.10. The van der Waals surface area contributed by atoms with Gasteiger partial charge < -0.3 is 19.7 Å². The summed E-state index contributed by atoms with van der Waals surface area (Å²) >= 11 is 0. The Morgan fingerprint density at radius 2 is 2.05 bits per heavy atom. The molecule has 106 valence electrons. The minimum Gasteiger partial charge on any atom is -0.490 e. The van der Waals surface area contributed by atoms with E-state index < -0.39 is 29.9 Å². The van der Waals surface area contributed by atoms with Crippen LogP contribution >= 0.6 is 0 Å². The first-order valence-electron chi connectivity index (χ1n) is 5.18. The van der Waals surface area contributed by atoms with Gasteiger partial charge in [-0.05, 0) is 13.0 Å². The van der Waals surface area contributed by atoms with Crippen LogP contribution in [0, 0.1) is 0 Å². The molecule has 0 amide bonds. The number of benzene rings is 1. The van der Waals surface area contributed by atoms with Crippen molar-refractivity contribution in [3.8, 4) is 11.5 Å². The Morgan fingerprint density at radius 3 is 2.53 bits per heavy atom. The number of aliphatic hydroxyl groups excluding tert-OH is 1. The van der Waals surface area contributed by atoms with Gasteiger partial charge in [0.05, 0.1) is 6.61 Å². The summed E-state index contributed by atoms with van der Waals surface area (Å²) in [6.07, 6.45) is -6.95. The predicted molar refractivity (Wildman–Crippen MR) is 56.9 cm³/mol. The van der Waals surface area contributed by atoms with Crippen molar-refractivity contribution in [2.24, 2.45) is 0 Å². The van der Waals surface area contributed by atoms with E-state index in [0.717, 1.165) is 18.2 Å². The Kier molecular flexibility index (Phi) is 4.60. The van der Waals surface area contributed by atoms with Crippen LogP contribution in [0.4, 0.5) is 13.2 Å². The van der Waals surface area contributed by atoms with Gasteiger partial charge in [-0.15, -0.1) is 13.2 Å². The molecule has 2 N–H and O–H groups in total. The van der Waals surface area contributed by atoms with Crippen molar-refractivity contribution in [2.45, 2.75) is 19.4 Å². The smallest absolute Gasteiger partial charge is 0.490 e. The number of aliphatic carboxylic acids is 1. The second-order valence-electron chi connectivity index (χ2n) is 3.40. The highest BCUT2D eigenvalue weighted by atomic mass is 19.4. The van der Waals surface area contributed by atoms with Gasteiger partial charge in [0.2, 0.25) is 0 Å². The molecule has 1 rings (SSSR count). The lowest BCUT2D eigenvalue weighted by Gasteiger charge is -2.17. The standard InChI is InChI=1S/C11H11F3O5/c1-2-18-9-6(8(15)10(16)17)4-3-5-7(9)19-11(12,13)14/h3-5,8,15H,2H2,1H3,(H,16,17). The molecule has 0 aliphatic carbocycles. The lowest BCUT2D eigenvalue weighted by Crippen LogP contribution is -2.19. The van der Waals surface area contributed by atoms with Gasteiger partial charge in [-0.1, -0.05) is 12.1 Å². The Balaban J connectivity index is 3.25. The van der Waals surface area contributed by atoms with E-state index in [1.807, 2.05) is 0 Å². The number of carboxylic acids is 1. The molecule has 0 saturated carbocycles. The fourth-order valence-corrected chi connectivity index (χ4v) is 1.39. The quantitative estimate of drug-likeness (QED) is 0.863. The lowest BCUT2D eigenvalue weighted by atomic mass is 10.1. The third-order valence-corrected chi connectivity index (χ3v) is 2.05. The molecule has 1 aromatic carbocycles. The van der Waals surface area contributed by atoms with Gasteiger partial charge >= 0.3 is 12.3 Å². The zero-order valence-electron chi connectivity index (χ0n) is 9.77. The summed E-state index contributed by atoms with van der Waals surface area (Å²) in [5.74, 6) is -2.76. The summed E-state index contributed by atoms with van der Waals surface area (Å²) < 4.78 is 45.3. The molecule has 0 heterocycles. The maximum atomic E-state index is 12.2. The summed E-state index contributed by atoms with van der Waals surface area (Å²) in [7, 11) is 0. The molecule has 0 saturated heterocycles. The van der Waals surface area contributed by atoms with Crippen molar-refractivity contribution < 1.29 is 37.7 Å². The average Bonchev–Trinajstić information content (AvgIpc) is 2.28. The molecule has 19 heavy (non-hydrogen) atoms. The molecule has 0 spiro atoms. The maximum Gasteiger partial charge on any atom is 0.573 e. The first kappa shape index (κ1) is 15.1. The monoisotopic (exact) mass is 280 g/mol. The minimum absolute atomic E-state index is 0.0163. The van der Waals surface area contributed by atoms with Crippen LogP contribution in [-0.4, -0.2) is 29.2 Å². The Labute approximate surface area is 106 Å². The van der Waals surface area contributed by atoms with E-state index in [0.29, 0.717) is 0 Å². The topological polar surface area (TPSA) is 76.0 Å². The highest BCUT2D eigenvalue weighted by Crippen LogP contribution is 2.38. The highest BCUT2D eigenvalue weighted by Gasteiger charge is 2.34. The number of alkyl halides is 3. The minimum atomic E-state index is -4.95. The SMILES string of the molecule is CCOc1c(OC(F)(F)F)cccc1C(O)C(=O)O. The second-order valence-corrected chi connectivity index (χ2v) is 3.40. The Hall–Kier alpha value is -1.96. The zero-order chi connectivity index (χ0) is 14.6. The molecule has 0 aromatic heterocycles. The first-order chi connectivity index (χ1) is 8.76. The fourth-order valence-electron chi connectivity index (χ4n) is 1.39. The number of rotatable bonds is 5. The third-order valence-electron chi connectivity index (χ3n) is 2.05.